The van der Waals surface area contributed by atoms with Crippen molar-refractivity contribution in [2.24, 2.45) is 0 Å². The molecule has 1 saturated heterocycles. The van der Waals surface area contributed by atoms with E-state index in [4.69, 9.17) is 22.1 Å². The van der Waals surface area contributed by atoms with E-state index in [1.165, 1.54) is 0 Å². The van der Waals surface area contributed by atoms with Gasteiger partial charge in [-0.2, -0.15) is 0 Å². The standard InChI is InChI=1S/C7H13BO3S/c1-7(10-3)6(8)11-4-5(9-2)12-7/h5-6H,4H2,1-3H3/t5-,6+,7-/m0/s1. The fraction of sp³-hybridized carbons (Fsp3) is 1.00. The zero-order chi connectivity index (χ0) is 9.19. The molecule has 1 rings (SSSR count). The largest absolute Gasteiger partial charge is 0.381 e. The molecule has 5 heteroatoms. The minimum absolute atomic E-state index is 0.00903. The summed E-state index contributed by atoms with van der Waals surface area (Å²) in [4.78, 5) is -0.501. The molecule has 3 atom stereocenters. The molecule has 0 N–H and O–H groups in total. The molecule has 1 aliphatic heterocycles. The molecule has 3 nitrogen and oxygen atoms in total. The van der Waals surface area contributed by atoms with Gasteiger partial charge in [0.1, 0.15) is 18.2 Å². The van der Waals surface area contributed by atoms with Gasteiger partial charge >= 0.3 is 0 Å². The topological polar surface area (TPSA) is 27.7 Å². The van der Waals surface area contributed by atoms with E-state index in [1.807, 2.05) is 6.92 Å². The molecule has 2 radical (unpaired) electrons. The second-order valence-corrected chi connectivity index (χ2v) is 4.33. The molecule has 68 valence electrons. The van der Waals surface area contributed by atoms with Crippen LogP contribution in [-0.2, 0) is 14.2 Å². The van der Waals surface area contributed by atoms with Crippen molar-refractivity contribution in [3.05, 3.63) is 0 Å². The van der Waals surface area contributed by atoms with E-state index in [0.717, 1.165) is 0 Å². The molecule has 0 saturated carbocycles. The van der Waals surface area contributed by atoms with Crippen LogP contribution in [0.3, 0.4) is 0 Å². The van der Waals surface area contributed by atoms with E-state index in [1.54, 1.807) is 26.0 Å². The fourth-order valence-electron chi connectivity index (χ4n) is 0.976. The van der Waals surface area contributed by atoms with E-state index in [0.29, 0.717) is 6.61 Å². The molecule has 0 aromatic heterocycles. The molecule has 0 spiro atoms. The van der Waals surface area contributed by atoms with Crippen molar-refractivity contribution in [2.45, 2.75) is 23.3 Å². The van der Waals surface area contributed by atoms with Gasteiger partial charge in [-0.15, -0.1) is 0 Å². The second kappa shape index (κ2) is 4.00. The highest BCUT2D eigenvalue weighted by Crippen LogP contribution is 2.37. The highest BCUT2D eigenvalue weighted by Gasteiger charge is 2.39. The Labute approximate surface area is 78.5 Å². The molecular weight excluding hydrogens is 175 g/mol. The predicted octanol–water partition coefficient (Wildman–Crippen LogP) is 0.579. The molecule has 0 aromatic rings. The highest BCUT2D eigenvalue weighted by molar-refractivity contribution is 8.01. The molecule has 1 aliphatic rings. The smallest absolute Gasteiger partial charge is 0.130 e. The van der Waals surface area contributed by atoms with Crippen LogP contribution in [0.5, 0.6) is 0 Å². The summed E-state index contributed by atoms with van der Waals surface area (Å²) in [6.07, 6.45) is 0. The first-order valence-corrected chi connectivity index (χ1v) is 4.63. The van der Waals surface area contributed by atoms with Crippen LogP contribution in [0.1, 0.15) is 6.92 Å². The van der Waals surface area contributed by atoms with Gasteiger partial charge in [0, 0.05) is 14.2 Å². The Kier molecular flexibility index (Phi) is 3.46. The lowest BCUT2D eigenvalue weighted by Crippen LogP contribution is -2.47. The number of hydrogen-bond donors (Lipinski definition) is 0. The van der Waals surface area contributed by atoms with Gasteiger partial charge in [-0.05, 0) is 6.92 Å². The minimum atomic E-state index is -0.501. The summed E-state index contributed by atoms with van der Waals surface area (Å²) in [6, 6.07) is -0.390. The average Bonchev–Trinajstić information content (AvgIpc) is 2.10. The van der Waals surface area contributed by atoms with Crippen LogP contribution < -0.4 is 0 Å². The van der Waals surface area contributed by atoms with Gasteiger partial charge in [-0.3, -0.25) is 0 Å². The molecule has 12 heavy (non-hydrogen) atoms. The SMILES string of the molecule is [B][C@@H]1OC[C@@H](OC)S[C@]1(C)OC. The molecule has 0 aromatic carbocycles. The first kappa shape index (κ1) is 10.4. The molecule has 0 aliphatic carbocycles. The Morgan fingerprint density at radius 3 is 2.75 bits per heavy atom. The third-order valence-electron chi connectivity index (χ3n) is 1.96. The Morgan fingerprint density at radius 2 is 2.25 bits per heavy atom. The lowest BCUT2D eigenvalue weighted by atomic mass is 9.94. The lowest BCUT2D eigenvalue weighted by Gasteiger charge is -2.41. The van der Waals surface area contributed by atoms with Crippen molar-refractivity contribution in [3.63, 3.8) is 0 Å². The maximum Gasteiger partial charge on any atom is 0.130 e. The van der Waals surface area contributed by atoms with Crippen molar-refractivity contribution in [3.8, 4) is 0 Å². The summed E-state index contributed by atoms with van der Waals surface area (Å²) in [6.45, 7) is 2.41. The zero-order valence-corrected chi connectivity index (χ0v) is 8.39. The Hall–Kier alpha value is 0.295. The van der Waals surface area contributed by atoms with Crippen molar-refractivity contribution < 1.29 is 14.2 Å². The molecular formula is C7H13BO3S. The fourth-order valence-corrected chi connectivity index (χ4v) is 2.04. The number of ether oxygens (including phenoxy) is 3. The van der Waals surface area contributed by atoms with Crippen molar-refractivity contribution in [1.82, 2.24) is 0 Å². The van der Waals surface area contributed by atoms with Crippen LogP contribution in [0, 0.1) is 0 Å². The van der Waals surface area contributed by atoms with Gasteiger partial charge in [0.2, 0.25) is 0 Å². The predicted molar refractivity (Wildman–Crippen MR) is 49.3 cm³/mol. The van der Waals surface area contributed by atoms with Crippen LogP contribution in [0.2, 0.25) is 0 Å². The maximum absolute atomic E-state index is 5.72. The molecule has 0 unspecified atom stereocenters. The van der Waals surface area contributed by atoms with E-state index in [-0.39, 0.29) is 11.4 Å². The van der Waals surface area contributed by atoms with Crippen LogP contribution >= 0.6 is 11.8 Å². The molecule has 0 bridgehead atoms. The quantitative estimate of drug-likeness (QED) is 0.592. The molecule has 1 heterocycles. The second-order valence-electron chi connectivity index (χ2n) is 2.76. The van der Waals surface area contributed by atoms with E-state index in [9.17, 15) is 0 Å². The van der Waals surface area contributed by atoms with E-state index >= 15 is 0 Å². The maximum atomic E-state index is 5.72. The summed E-state index contributed by atoms with van der Waals surface area (Å²) < 4.78 is 15.7. The minimum Gasteiger partial charge on any atom is -0.381 e. The van der Waals surface area contributed by atoms with E-state index in [2.05, 4.69) is 0 Å². The molecule has 1 fully saturated rings. The Morgan fingerprint density at radius 1 is 1.58 bits per heavy atom. The van der Waals surface area contributed by atoms with Gasteiger partial charge in [0.05, 0.1) is 12.6 Å². The van der Waals surface area contributed by atoms with Gasteiger partial charge in [0.25, 0.3) is 0 Å². The summed E-state index contributed by atoms with van der Waals surface area (Å²) in [5.41, 5.74) is 0.00903. The lowest BCUT2D eigenvalue weighted by molar-refractivity contribution is -0.0631. The van der Waals surface area contributed by atoms with Crippen molar-refractivity contribution in [1.29, 1.82) is 0 Å². The summed E-state index contributed by atoms with van der Waals surface area (Å²) in [7, 11) is 8.98. The van der Waals surface area contributed by atoms with Crippen LogP contribution in [-0.4, -0.2) is 45.0 Å². The van der Waals surface area contributed by atoms with Crippen LogP contribution in [0.25, 0.3) is 0 Å². The Balaban J connectivity index is 2.58. The monoisotopic (exact) mass is 188 g/mol. The first-order chi connectivity index (χ1) is 5.62. The van der Waals surface area contributed by atoms with Gasteiger partial charge in [-0.25, -0.2) is 0 Å². The van der Waals surface area contributed by atoms with Crippen molar-refractivity contribution >= 4 is 19.6 Å². The van der Waals surface area contributed by atoms with Gasteiger partial charge in [0.15, 0.2) is 0 Å². The first-order valence-electron chi connectivity index (χ1n) is 3.75. The number of thioether (sulfide) groups is 1. The van der Waals surface area contributed by atoms with Crippen molar-refractivity contribution in [2.75, 3.05) is 20.8 Å². The van der Waals surface area contributed by atoms with E-state index < -0.39 is 4.93 Å². The molecule has 0 amide bonds. The zero-order valence-electron chi connectivity index (χ0n) is 7.57. The Bertz CT molecular complexity index is 158. The number of rotatable bonds is 2. The summed E-state index contributed by atoms with van der Waals surface area (Å²) in [5, 5.41) is 0. The highest BCUT2D eigenvalue weighted by atomic mass is 32.2. The normalized spacial score (nSPS) is 42.9. The average molecular weight is 188 g/mol. The third-order valence-corrected chi connectivity index (χ3v) is 3.42. The number of hydrogen-bond acceptors (Lipinski definition) is 4. The van der Waals surface area contributed by atoms with Crippen LogP contribution in [0.4, 0.5) is 0 Å². The third kappa shape index (κ3) is 1.96. The summed E-state index contributed by atoms with van der Waals surface area (Å²) in [5.74, 6) is 0. The van der Waals surface area contributed by atoms with Crippen LogP contribution in [0.15, 0.2) is 0 Å². The van der Waals surface area contributed by atoms with Gasteiger partial charge in [-0.1, -0.05) is 11.8 Å². The summed E-state index contributed by atoms with van der Waals surface area (Å²) >= 11 is 1.55. The van der Waals surface area contributed by atoms with Gasteiger partial charge < -0.3 is 14.2 Å². The number of methoxy groups -OCH3 is 2.